The van der Waals surface area contributed by atoms with E-state index in [1.807, 2.05) is 20.8 Å². The van der Waals surface area contributed by atoms with E-state index < -0.39 is 5.67 Å². The molecule has 2 aliphatic heterocycles. The molecule has 0 aliphatic carbocycles. The molecule has 0 aromatic heterocycles. The third-order valence-electron chi connectivity index (χ3n) is 4.18. The van der Waals surface area contributed by atoms with Crippen LogP contribution in [0, 0.1) is 0 Å². The lowest BCUT2D eigenvalue weighted by Crippen LogP contribution is -2.43. The number of nitrogens with zero attached hydrogens (tertiary/aromatic N) is 1. The molecule has 94 valence electrons. The second-order valence-corrected chi connectivity index (χ2v) is 5.79. The van der Waals surface area contributed by atoms with Crippen molar-refractivity contribution in [1.82, 2.24) is 4.90 Å². The van der Waals surface area contributed by atoms with E-state index in [1.165, 1.54) is 6.42 Å². The molecule has 2 fully saturated rings. The molecule has 0 N–H and O–H groups in total. The van der Waals surface area contributed by atoms with Crippen molar-refractivity contribution in [1.29, 1.82) is 0 Å². The van der Waals surface area contributed by atoms with Crippen LogP contribution < -0.4 is 0 Å². The van der Waals surface area contributed by atoms with Crippen molar-refractivity contribution in [3.63, 3.8) is 0 Å². The van der Waals surface area contributed by atoms with E-state index in [9.17, 15) is 4.39 Å². The Labute approximate surface area is 98.1 Å². The van der Waals surface area contributed by atoms with E-state index in [0.29, 0.717) is 26.0 Å². The summed E-state index contributed by atoms with van der Waals surface area (Å²) >= 11 is 0. The Bertz CT molecular complexity index is 258. The summed E-state index contributed by atoms with van der Waals surface area (Å²) in [6.07, 6.45) is 3.84. The molecule has 0 saturated carbocycles. The fourth-order valence-electron chi connectivity index (χ4n) is 3.20. The van der Waals surface area contributed by atoms with Crippen LogP contribution in [0.25, 0.3) is 0 Å². The molecule has 2 saturated heterocycles. The number of rotatable bonds is 4. The van der Waals surface area contributed by atoms with E-state index >= 15 is 0 Å². The van der Waals surface area contributed by atoms with E-state index in [1.54, 1.807) is 0 Å². The second-order valence-electron chi connectivity index (χ2n) is 5.79. The lowest BCUT2D eigenvalue weighted by Gasteiger charge is -2.32. The zero-order valence-corrected chi connectivity index (χ0v) is 10.8. The summed E-state index contributed by atoms with van der Waals surface area (Å²) in [6, 6.07) is 0. The first-order valence-corrected chi connectivity index (χ1v) is 6.55. The Morgan fingerprint density at radius 2 is 2.19 bits per heavy atom. The summed E-state index contributed by atoms with van der Waals surface area (Å²) in [7, 11) is 0. The van der Waals surface area contributed by atoms with Crippen LogP contribution in [0.2, 0.25) is 0 Å². The Morgan fingerprint density at radius 1 is 1.44 bits per heavy atom. The highest BCUT2D eigenvalue weighted by Crippen LogP contribution is 2.46. The Hall–Kier alpha value is -0.150. The van der Waals surface area contributed by atoms with Gasteiger partial charge in [0.2, 0.25) is 0 Å². The average molecular weight is 229 g/mol. The van der Waals surface area contributed by atoms with E-state index in [0.717, 1.165) is 13.0 Å². The summed E-state index contributed by atoms with van der Waals surface area (Å²) < 4.78 is 20.2. The minimum Gasteiger partial charge on any atom is -0.377 e. The van der Waals surface area contributed by atoms with Gasteiger partial charge in [0, 0.05) is 18.5 Å². The number of alkyl halides is 1. The molecule has 0 aromatic carbocycles. The highest BCUT2D eigenvalue weighted by Gasteiger charge is 2.55. The molecule has 0 bridgehead atoms. The van der Waals surface area contributed by atoms with Gasteiger partial charge in [0.05, 0.1) is 12.7 Å². The van der Waals surface area contributed by atoms with Crippen molar-refractivity contribution in [2.24, 2.45) is 0 Å². The fraction of sp³-hybridized carbons (Fsp3) is 1.00. The zero-order chi connectivity index (χ0) is 11.8. The van der Waals surface area contributed by atoms with Gasteiger partial charge in [0.1, 0.15) is 5.67 Å². The standard InChI is InChI=1S/C13H24FNO/c1-4-12(14)8-13(10-16-11(2)3)6-5-7-15(13)9-12/h11H,4-10H2,1-3H3. The quantitative estimate of drug-likeness (QED) is 0.735. The van der Waals surface area contributed by atoms with Crippen molar-refractivity contribution in [2.45, 2.75) is 63.8 Å². The van der Waals surface area contributed by atoms with Gasteiger partial charge < -0.3 is 4.74 Å². The van der Waals surface area contributed by atoms with Crippen molar-refractivity contribution >= 4 is 0 Å². The van der Waals surface area contributed by atoms with Crippen LogP contribution in [0.15, 0.2) is 0 Å². The molecule has 2 unspecified atom stereocenters. The lowest BCUT2D eigenvalue weighted by molar-refractivity contribution is 0.00188. The van der Waals surface area contributed by atoms with Crippen LogP contribution in [0.4, 0.5) is 4.39 Å². The number of hydrogen-bond donors (Lipinski definition) is 0. The first-order valence-electron chi connectivity index (χ1n) is 6.55. The molecule has 0 amide bonds. The molecule has 0 spiro atoms. The minimum absolute atomic E-state index is 0.00896. The van der Waals surface area contributed by atoms with Crippen molar-refractivity contribution in [3.05, 3.63) is 0 Å². The maximum atomic E-state index is 14.4. The minimum atomic E-state index is -0.971. The van der Waals surface area contributed by atoms with E-state index in [2.05, 4.69) is 4.90 Å². The van der Waals surface area contributed by atoms with Crippen LogP contribution in [0.3, 0.4) is 0 Å². The predicted octanol–water partition coefficient (Wildman–Crippen LogP) is 2.77. The highest BCUT2D eigenvalue weighted by molar-refractivity contribution is 5.09. The van der Waals surface area contributed by atoms with Crippen molar-refractivity contribution < 1.29 is 9.13 Å². The molecule has 0 radical (unpaired) electrons. The van der Waals surface area contributed by atoms with Gasteiger partial charge in [0.25, 0.3) is 0 Å². The summed E-state index contributed by atoms with van der Waals surface area (Å²) in [6.45, 7) is 8.42. The Balaban J connectivity index is 2.05. The molecule has 3 heteroatoms. The van der Waals surface area contributed by atoms with Gasteiger partial charge in [-0.15, -0.1) is 0 Å². The monoisotopic (exact) mass is 229 g/mol. The molecule has 2 heterocycles. The van der Waals surface area contributed by atoms with Gasteiger partial charge in [0.15, 0.2) is 0 Å². The van der Waals surface area contributed by atoms with E-state index in [4.69, 9.17) is 4.74 Å². The normalized spacial score (nSPS) is 39.6. The molecule has 2 aliphatic rings. The van der Waals surface area contributed by atoms with Gasteiger partial charge in [-0.3, -0.25) is 4.90 Å². The summed E-state index contributed by atoms with van der Waals surface area (Å²) in [5.74, 6) is 0. The van der Waals surface area contributed by atoms with Crippen LogP contribution in [-0.2, 0) is 4.74 Å². The molecule has 0 aromatic rings. The van der Waals surface area contributed by atoms with Crippen LogP contribution in [0.5, 0.6) is 0 Å². The smallest absolute Gasteiger partial charge is 0.125 e. The SMILES string of the molecule is CCC1(F)CN2CCCC2(COC(C)C)C1. The van der Waals surface area contributed by atoms with Crippen LogP contribution in [-0.4, -0.2) is 41.9 Å². The molecule has 2 rings (SSSR count). The maximum absolute atomic E-state index is 14.4. The topological polar surface area (TPSA) is 12.5 Å². The number of ether oxygens (including phenoxy) is 1. The molecule has 2 atom stereocenters. The third kappa shape index (κ3) is 2.12. The van der Waals surface area contributed by atoms with Crippen LogP contribution >= 0.6 is 0 Å². The molecular weight excluding hydrogens is 205 g/mol. The third-order valence-corrected chi connectivity index (χ3v) is 4.18. The van der Waals surface area contributed by atoms with Gasteiger partial charge in [-0.05, 0) is 39.7 Å². The summed E-state index contributed by atoms with van der Waals surface area (Å²) in [5.41, 5.74) is -0.963. The summed E-state index contributed by atoms with van der Waals surface area (Å²) in [4.78, 5) is 2.33. The number of halogens is 1. The van der Waals surface area contributed by atoms with E-state index in [-0.39, 0.29) is 11.6 Å². The number of fused-ring (bicyclic) bond motifs is 1. The van der Waals surface area contributed by atoms with Crippen molar-refractivity contribution in [2.75, 3.05) is 19.7 Å². The molecule has 2 nitrogen and oxygen atoms in total. The molecular formula is C13H24FNO. The fourth-order valence-corrected chi connectivity index (χ4v) is 3.20. The van der Waals surface area contributed by atoms with Gasteiger partial charge in [-0.1, -0.05) is 6.92 Å². The number of hydrogen-bond acceptors (Lipinski definition) is 2. The summed E-state index contributed by atoms with van der Waals surface area (Å²) in [5, 5.41) is 0. The van der Waals surface area contributed by atoms with Crippen LogP contribution in [0.1, 0.15) is 46.5 Å². The van der Waals surface area contributed by atoms with Gasteiger partial charge in [-0.25, -0.2) is 4.39 Å². The first kappa shape index (κ1) is 12.3. The second kappa shape index (κ2) is 4.26. The Morgan fingerprint density at radius 3 is 2.81 bits per heavy atom. The van der Waals surface area contributed by atoms with Gasteiger partial charge in [-0.2, -0.15) is 0 Å². The highest BCUT2D eigenvalue weighted by atomic mass is 19.1. The van der Waals surface area contributed by atoms with Gasteiger partial charge >= 0.3 is 0 Å². The largest absolute Gasteiger partial charge is 0.377 e. The molecule has 16 heavy (non-hydrogen) atoms. The predicted molar refractivity (Wildman–Crippen MR) is 63.4 cm³/mol. The zero-order valence-electron chi connectivity index (χ0n) is 10.8. The lowest BCUT2D eigenvalue weighted by atomic mass is 9.88. The van der Waals surface area contributed by atoms with Crippen molar-refractivity contribution in [3.8, 4) is 0 Å². The Kier molecular flexibility index (Phi) is 3.28. The first-order chi connectivity index (χ1) is 7.50. The maximum Gasteiger partial charge on any atom is 0.125 e. The average Bonchev–Trinajstić information content (AvgIpc) is 2.69.